The van der Waals surface area contributed by atoms with Gasteiger partial charge in [-0.2, -0.15) is 13.2 Å². The molecule has 0 aliphatic heterocycles. The third kappa shape index (κ3) is 4.66. The topological polar surface area (TPSA) is 50.9 Å². The molecule has 0 spiro atoms. The molecule has 118 valence electrons. The first-order chi connectivity index (χ1) is 9.90. The van der Waals surface area contributed by atoms with Crippen molar-refractivity contribution in [3.8, 4) is 0 Å². The average molecular weight is 366 g/mol. The van der Waals surface area contributed by atoms with Crippen LogP contribution in [0.4, 0.5) is 13.2 Å². The Morgan fingerprint density at radius 1 is 1.29 bits per heavy atom. The van der Waals surface area contributed by atoms with E-state index in [4.69, 9.17) is 5.84 Å². The van der Waals surface area contributed by atoms with Crippen molar-refractivity contribution in [3.05, 3.63) is 28.5 Å². The van der Waals surface area contributed by atoms with Gasteiger partial charge in [-0.3, -0.25) is 16.3 Å². The quantitative estimate of drug-likeness (QED) is 0.633. The summed E-state index contributed by atoms with van der Waals surface area (Å²) in [5.41, 5.74) is 3.79. The Labute approximate surface area is 130 Å². The van der Waals surface area contributed by atoms with Gasteiger partial charge in [0.1, 0.15) is 0 Å². The SMILES string of the molecule is NNC(Cc1cncc(Br)c1)C1CCC(C(F)(F)F)CC1. The highest BCUT2D eigenvalue weighted by Gasteiger charge is 2.42. The summed E-state index contributed by atoms with van der Waals surface area (Å²) in [6, 6.07) is 1.94. The lowest BCUT2D eigenvalue weighted by atomic mass is 9.77. The van der Waals surface area contributed by atoms with Gasteiger partial charge >= 0.3 is 6.18 Å². The zero-order valence-electron chi connectivity index (χ0n) is 11.5. The molecule has 3 nitrogen and oxygen atoms in total. The smallest absolute Gasteiger partial charge is 0.271 e. The molecule has 1 heterocycles. The van der Waals surface area contributed by atoms with Gasteiger partial charge in [-0.25, -0.2) is 0 Å². The molecule has 1 saturated carbocycles. The van der Waals surface area contributed by atoms with Gasteiger partial charge in [0.25, 0.3) is 0 Å². The lowest BCUT2D eigenvalue weighted by molar-refractivity contribution is -0.184. The third-order valence-electron chi connectivity index (χ3n) is 4.23. The van der Waals surface area contributed by atoms with Crippen LogP contribution in [-0.2, 0) is 6.42 Å². The van der Waals surface area contributed by atoms with Crippen molar-refractivity contribution in [2.24, 2.45) is 17.7 Å². The molecular weight excluding hydrogens is 347 g/mol. The molecule has 0 aromatic carbocycles. The van der Waals surface area contributed by atoms with E-state index in [-0.39, 0.29) is 24.8 Å². The molecule has 1 aromatic heterocycles. The third-order valence-corrected chi connectivity index (χ3v) is 4.67. The minimum absolute atomic E-state index is 0.0183. The molecular formula is C14H19BrF3N3. The Kier molecular flexibility index (Phi) is 5.62. The van der Waals surface area contributed by atoms with Gasteiger partial charge in [-0.15, -0.1) is 0 Å². The summed E-state index contributed by atoms with van der Waals surface area (Å²) in [7, 11) is 0. The molecule has 0 amide bonds. The first-order valence-corrected chi connectivity index (χ1v) is 7.81. The van der Waals surface area contributed by atoms with Crippen molar-refractivity contribution in [2.75, 3.05) is 0 Å². The highest BCUT2D eigenvalue weighted by atomic mass is 79.9. The van der Waals surface area contributed by atoms with E-state index in [1.165, 1.54) is 0 Å². The normalized spacial score (nSPS) is 24.8. The number of alkyl halides is 3. The van der Waals surface area contributed by atoms with Crippen molar-refractivity contribution < 1.29 is 13.2 Å². The van der Waals surface area contributed by atoms with E-state index < -0.39 is 12.1 Å². The number of nitrogens with zero attached hydrogens (tertiary/aromatic N) is 1. The van der Waals surface area contributed by atoms with Gasteiger partial charge < -0.3 is 0 Å². The van der Waals surface area contributed by atoms with E-state index in [9.17, 15) is 13.2 Å². The van der Waals surface area contributed by atoms with Gasteiger partial charge in [-0.05, 0) is 65.6 Å². The lowest BCUT2D eigenvalue weighted by Crippen LogP contribution is -2.44. The molecule has 2 rings (SSSR count). The van der Waals surface area contributed by atoms with Gasteiger partial charge in [0, 0.05) is 22.9 Å². The Hall–Kier alpha value is -0.660. The maximum atomic E-state index is 12.7. The van der Waals surface area contributed by atoms with Crippen LogP contribution < -0.4 is 11.3 Å². The number of hydrogen-bond donors (Lipinski definition) is 2. The first kappa shape index (κ1) is 16.7. The molecule has 21 heavy (non-hydrogen) atoms. The summed E-state index contributed by atoms with van der Waals surface area (Å²) in [6.07, 6.45) is 1.57. The van der Waals surface area contributed by atoms with Crippen molar-refractivity contribution in [1.29, 1.82) is 0 Å². The molecule has 1 aromatic rings. The Bertz CT molecular complexity index is 459. The molecule has 0 saturated heterocycles. The fourth-order valence-corrected chi connectivity index (χ4v) is 3.44. The van der Waals surface area contributed by atoms with Gasteiger partial charge in [0.15, 0.2) is 0 Å². The maximum Gasteiger partial charge on any atom is 0.391 e. The number of aromatic nitrogens is 1. The van der Waals surface area contributed by atoms with Crippen LogP contribution in [0.3, 0.4) is 0 Å². The van der Waals surface area contributed by atoms with Crippen LogP contribution in [0.25, 0.3) is 0 Å². The fraction of sp³-hybridized carbons (Fsp3) is 0.643. The lowest BCUT2D eigenvalue weighted by Gasteiger charge is -2.34. The predicted molar refractivity (Wildman–Crippen MR) is 78.3 cm³/mol. The molecule has 1 aliphatic rings. The van der Waals surface area contributed by atoms with E-state index in [0.717, 1.165) is 10.0 Å². The van der Waals surface area contributed by atoms with Crippen molar-refractivity contribution >= 4 is 15.9 Å². The van der Waals surface area contributed by atoms with E-state index in [2.05, 4.69) is 26.3 Å². The second-order valence-electron chi connectivity index (χ2n) is 5.64. The number of nitrogens with one attached hydrogen (secondary N) is 1. The average Bonchev–Trinajstić information content (AvgIpc) is 2.44. The van der Waals surface area contributed by atoms with Gasteiger partial charge in [0.05, 0.1) is 5.92 Å². The molecule has 7 heteroatoms. The largest absolute Gasteiger partial charge is 0.391 e. The minimum atomic E-state index is -4.06. The molecule has 1 unspecified atom stereocenters. The van der Waals surface area contributed by atoms with E-state index in [1.54, 1.807) is 12.4 Å². The van der Waals surface area contributed by atoms with Gasteiger partial charge in [-0.1, -0.05) is 0 Å². The van der Waals surface area contributed by atoms with Crippen LogP contribution in [0, 0.1) is 11.8 Å². The summed E-state index contributed by atoms with van der Waals surface area (Å²) in [4.78, 5) is 4.10. The van der Waals surface area contributed by atoms with E-state index >= 15 is 0 Å². The Morgan fingerprint density at radius 3 is 2.48 bits per heavy atom. The van der Waals surface area contributed by atoms with Crippen molar-refractivity contribution in [1.82, 2.24) is 10.4 Å². The van der Waals surface area contributed by atoms with E-state index in [1.807, 2.05) is 6.07 Å². The second-order valence-corrected chi connectivity index (χ2v) is 6.56. The molecule has 0 radical (unpaired) electrons. The van der Waals surface area contributed by atoms with E-state index in [0.29, 0.717) is 19.3 Å². The van der Waals surface area contributed by atoms with Crippen LogP contribution in [0.1, 0.15) is 31.2 Å². The predicted octanol–water partition coefficient (Wildman–Crippen LogP) is 3.59. The number of nitrogens with two attached hydrogens (primary N) is 1. The maximum absolute atomic E-state index is 12.7. The van der Waals surface area contributed by atoms with Crippen molar-refractivity contribution in [2.45, 2.75) is 44.3 Å². The van der Waals surface area contributed by atoms with Crippen LogP contribution in [0.15, 0.2) is 22.9 Å². The zero-order chi connectivity index (χ0) is 15.5. The van der Waals surface area contributed by atoms with Crippen LogP contribution in [0.5, 0.6) is 0 Å². The summed E-state index contributed by atoms with van der Waals surface area (Å²) in [5.74, 6) is 4.63. The molecule has 1 fully saturated rings. The number of rotatable bonds is 4. The zero-order valence-corrected chi connectivity index (χ0v) is 13.1. The molecule has 0 bridgehead atoms. The summed E-state index contributed by atoms with van der Waals surface area (Å²) < 4.78 is 39.0. The second kappa shape index (κ2) is 7.07. The first-order valence-electron chi connectivity index (χ1n) is 7.02. The highest BCUT2D eigenvalue weighted by molar-refractivity contribution is 9.10. The number of hydrazine groups is 1. The minimum Gasteiger partial charge on any atom is -0.271 e. The van der Waals surface area contributed by atoms with Crippen LogP contribution in [-0.4, -0.2) is 17.2 Å². The summed E-state index contributed by atoms with van der Waals surface area (Å²) >= 11 is 3.36. The van der Waals surface area contributed by atoms with Crippen LogP contribution in [0.2, 0.25) is 0 Å². The van der Waals surface area contributed by atoms with Crippen molar-refractivity contribution in [3.63, 3.8) is 0 Å². The number of hydrogen-bond acceptors (Lipinski definition) is 3. The molecule has 1 atom stereocenters. The highest BCUT2D eigenvalue weighted by Crippen LogP contribution is 2.40. The van der Waals surface area contributed by atoms with Gasteiger partial charge in [0.2, 0.25) is 0 Å². The molecule has 3 N–H and O–H groups in total. The standard InChI is InChI=1S/C14H19BrF3N3/c15-12-5-9(7-20-8-12)6-13(21-19)10-1-3-11(4-2-10)14(16,17)18/h5,7-8,10-11,13,21H,1-4,6,19H2. The van der Waals surface area contributed by atoms with Crippen LogP contribution >= 0.6 is 15.9 Å². The molecule has 1 aliphatic carbocycles. The fourth-order valence-electron chi connectivity index (χ4n) is 3.03. The Balaban J connectivity index is 1.94. The summed E-state index contributed by atoms with van der Waals surface area (Å²) in [5, 5.41) is 0. The Morgan fingerprint density at radius 2 is 1.95 bits per heavy atom. The monoisotopic (exact) mass is 365 g/mol. The number of pyridine rings is 1. The number of halogens is 4. The summed E-state index contributed by atoms with van der Waals surface area (Å²) in [6.45, 7) is 0.